The Hall–Kier alpha value is -0.380. The van der Waals surface area contributed by atoms with Gasteiger partial charge in [0.2, 0.25) is 0 Å². The highest BCUT2D eigenvalue weighted by Gasteiger charge is 2.26. The molecular weight excluding hydrogens is 196 g/mol. The van der Waals surface area contributed by atoms with Gasteiger partial charge in [-0.05, 0) is 25.7 Å². The van der Waals surface area contributed by atoms with Gasteiger partial charge in [0.15, 0.2) is 0 Å². The molecule has 0 amide bonds. The van der Waals surface area contributed by atoms with E-state index in [4.69, 9.17) is 5.41 Å². The van der Waals surface area contributed by atoms with Crippen molar-refractivity contribution in [1.82, 2.24) is 4.90 Å². The van der Waals surface area contributed by atoms with Gasteiger partial charge in [-0.2, -0.15) is 0 Å². The zero-order valence-electron chi connectivity index (χ0n) is 8.50. The van der Waals surface area contributed by atoms with Crippen LogP contribution in [0.25, 0.3) is 0 Å². The molecule has 0 aromatic rings. The molecule has 2 fully saturated rings. The van der Waals surface area contributed by atoms with Gasteiger partial charge in [0.1, 0.15) is 0 Å². The van der Waals surface area contributed by atoms with Crippen molar-refractivity contribution < 1.29 is 4.21 Å². The number of rotatable bonds is 1. The fraction of sp³-hybridized carbons (Fsp3) is 0.900. The number of amidine groups is 1. The van der Waals surface area contributed by atoms with Crippen LogP contribution in [0.2, 0.25) is 0 Å². The Morgan fingerprint density at radius 1 is 1.29 bits per heavy atom. The second-order valence-electron chi connectivity index (χ2n) is 4.18. The van der Waals surface area contributed by atoms with Crippen LogP contribution in [-0.4, -0.2) is 39.0 Å². The van der Waals surface area contributed by atoms with Gasteiger partial charge in [0.25, 0.3) is 0 Å². The van der Waals surface area contributed by atoms with E-state index in [1.165, 1.54) is 12.8 Å². The SMILES string of the molecule is N=C1CCCCN1C1CCS(=O)CC1. The third-order valence-electron chi connectivity index (χ3n) is 3.21. The van der Waals surface area contributed by atoms with E-state index in [0.29, 0.717) is 6.04 Å². The molecule has 4 heteroatoms. The van der Waals surface area contributed by atoms with E-state index in [1.807, 2.05) is 0 Å². The predicted molar refractivity (Wildman–Crippen MR) is 59.2 cm³/mol. The van der Waals surface area contributed by atoms with Crippen molar-refractivity contribution in [3.05, 3.63) is 0 Å². The number of nitrogens with zero attached hydrogens (tertiary/aromatic N) is 1. The van der Waals surface area contributed by atoms with Crippen LogP contribution in [0.1, 0.15) is 32.1 Å². The molecule has 0 aliphatic carbocycles. The maximum Gasteiger partial charge on any atom is 0.0960 e. The van der Waals surface area contributed by atoms with Crippen LogP contribution in [0.5, 0.6) is 0 Å². The van der Waals surface area contributed by atoms with Crippen molar-refractivity contribution in [2.75, 3.05) is 18.1 Å². The Balaban J connectivity index is 1.93. The van der Waals surface area contributed by atoms with Crippen molar-refractivity contribution in [3.8, 4) is 0 Å². The van der Waals surface area contributed by atoms with E-state index in [9.17, 15) is 4.21 Å². The first-order valence-electron chi connectivity index (χ1n) is 5.46. The van der Waals surface area contributed by atoms with Gasteiger partial charge in [-0.1, -0.05) is 0 Å². The fourth-order valence-corrected chi connectivity index (χ4v) is 3.62. The highest BCUT2D eigenvalue weighted by Crippen LogP contribution is 2.21. The lowest BCUT2D eigenvalue weighted by Gasteiger charge is -2.38. The Morgan fingerprint density at radius 3 is 2.64 bits per heavy atom. The molecule has 14 heavy (non-hydrogen) atoms. The molecule has 0 saturated carbocycles. The Morgan fingerprint density at radius 2 is 2.00 bits per heavy atom. The van der Waals surface area contributed by atoms with Crippen LogP contribution in [-0.2, 0) is 10.8 Å². The summed E-state index contributed by atoms with van der Waals surface area (Å²) in [6.07, 6.45) is 5.39. The second-order valence-corrected chi connectivity index (χ2v) is 5.87. The first-order chi connectivity index (χ1) is 6.77. The topological polar surface area (TPSA) is 44.2 Å². The smallest absolute Gasteiger partial charge is 0.0960 e. The van der Waals surface area contributed by atoms with E-state index in [1.54, 1.807) is 0 Å². The Labute approximate surface area is 87.8 Å². The molecule has 2 aliphatic heterocycles. The number of piperidine rings is 1. The molecule has 1 N–H and O–H groups in total. The van der Waals surface area contributed by atoms with E-state index in [0.717, 1.165) is 43.1 Å². The Kier molecular flexibility index (Phi) is 3.21. The summed E-state index contributed by atoms with van der Waals surface area (Å²) in [5.74, 6) is 2.50. The molecule has 0 spiro atoms. The van der Waals surface area contributed by atoms with Crippen molar-refractivity contribution >= 4 is 16.6 Å². The molecule has 0 radical (unpaired) electrons. The van der Waals surface area contributed by atoms with Crippen LogP contribution in [0, 0.1) is 5.41 Å². The van der Waals surface area contributed by atoms with Crippen molar-refractivity contribution in [1.29, 1.82) is 5.41 Å². The zero-order valence-corrected chi connectivity index (χ0v) is 9.31. The van der Waals surface area contributed by atoms with E-state index in [2.05, 4.69) is 4.90 Å². The molecule has 80 valence electrons. The third kappa shape index (κ3) is 2.16. The lowest BCUT2D eigenvalue weighted by molar-refractivity contribution is 0.264. The molecular formula is C10H18N2OS. The molecule has 2 aliphatic rings. The summed E-state index contributed by atoms with van der Waals surface area (Å²) in [5, 5.41) is 7.88. The van der Waals surface area contributed by atoms with Crippen LogP contribution in [0.4, 0.5) is 0 Å². The number of hydrogen-bond acceptors (Lipinski definition) is 2. The first kappa shape index (κ1) is 10.1. The van der Waals surface area contributed by atoms with E-state index < -0.39 is 10.8 Å². The number of hydrogen-bond donors (Lipinski definition) is 1. The first-order valence-corrected chi connectivity index (χ1v) is 6.95. The number of nitrogens with one attached hydrogen (secondary N) is 1. The zero-order chi connectivity index (χ0) is 9.97. The summed E-state index contributed by atoms with van der Waals surface area (Å²) in [6.45, 7) is 1.05. The molecule has 0 unspecified atom stereocenters. The summed E-state index contributed by atoms with van der Waals surface area (Å²) in [5.41, 5.74) is 0. The summed E-state index contributed by atoms with van der Waals surface area (Å²) in [4.78, 5) is 2.25. The fourth-order valence-electron chi connectivity index (χ4n) is 2.35. The van der Waals surface area contributed by atoms with E-state index in [-0.39, 0.29) is 0 Å². The van der Waals surface area contributed by atoms with Gasteiger partial charge in [0, 0.05) is 41.3 Å². The maximum atomic E-state index is 11.2. The van der Waals surface area contributed by atoms with Crippen LogP contribution in [0.15, 0.2) is 0 Å². The average molecular weight is 214 g/mol. The largest absolute Gasteiger partial charge is 0.358 e. The predicted octanol–water partition coefficient (Wildman–Crippen LogP) is 1.36. The van der Waals surface area contributed by atoms with Gasteiger partial charge in [-0.25, -0.2) is 0 Å². The van der Waals surface area contributed by atoms with Crippen LogP contribution < -0.4 is 0 Å². The molecule has 0 aromatic heterocycles. The highest BCUT2D eigenvalue weighted by atomic mass is 32.2. The molecule has 0 aromatic carbocycles. The highest BCUT2D eigenvalue weighted by molar-refractivity contribution is 7.85. The summed E-state index contributed by atoms with van der Waals surface area (Å²) in [7, 11) is -0.574. The van der Waals surface area contributed by atoms with Crippen LogP contribution >= 0.6 is 0 Å². The lowest BCUT2D eigenvalue weighted by atomic mass is 10.0. The molecule has 0 bridgehead atoms. The Bertz CT molecular complexity index is 245. The normalized spacial score (nSPS) is 34.6. The van der Waals surface area contributed by atoms with Crippen molar-refractivity contribution in [3.63, 3.8) is 0 Å². The average Bonchev–Trinajstić information content (AvgIpc) is 2.20. The molecule has 2 rings (SSSR count). The quantitative estimate of drug-likeness (QED) is 0.716. The van der Waals surface area contributed by atoms with Gasteiger partial charge < -0.3 is 4.90 Å². The van der Waals surface area contributed by atoms with Gasteiger partial charge in [-0.15, -0.1) is 0 Å². The molecule has 2 heterocycles. The summed E-state index contributed by atoms with van der Waals surface area (Å²) < 4.78 is 11.2. The summed E-state index contributed by atoms with van der Waals surface area (Å²) >= 11 is 0. The third-order valence-corrected chi connectivity index (χ3v) is 4.59. The monoisotopic (exact) mass is 214 g/mol. The molecule has 3 nitrogen and oxygen atoms in total. The second kappa shape index (κ2) is 4.43. The summed E-state index contributed by atoms with van der Waals surface area (Å²) in [6, 6.07) is 0.514. The number of likely N-dealkylation sites (tertiary alicyclic amines) is 1. The van der Waals surface area contributed by atoms with Gasteiger partial charge in [0.05, 0.1) is 5.84 Å². The van der Waals surface area contributed by atoms with E-state index >= 15 is 0 Å². The standard InChI is InChI=1S/C10H18N2OS/c11-10-3-1-2-6-12(10)9-4-7-14(13)8-5-9/h9,11H,1-8H2. The maximum absolute atomic E-state index is 11.2. The van der Waals surface area contributed by atoms with Crippen LogP contribution in [0.3, 0.4) is 0 Å². The minimum absolute atomic E-state index is 0.514. The molecule has 2 saturated heterocycles. The molecule has 0 atom stereocenters. The van der Waals surface area contributed by atoms with Gasteiger partial charge >= 0.3 is 0 Å². The van der Waals surface area contributed by atoms with Crippen molar-refractivity contribution in [2.24, 2.45) is 0 Å². The minimum Gasteiger partial charge on any atom is -0.358 e. The van der Waals surface area contributed by atoms with Crippen molar-refractivity contribution in [2.45, 2.75) is 38.1 Å². The van der Waals surface area contributed by atoms with Gasteiger partial charge in [-0.3, -0.25) is 9.62 Å². The minimum atomic E-state index is -0.574. The lowest BCUT2D eigenvalue weighted by Crippen LogP contribution is -2.45.